The van der Waals surface area contributed by atoms with Crippen LogP contribution in [0.5, 0.6) is 0 Å². The standard InChI is InChI=1S/C18H34N2O/c1-12(2)11-16-18(21)20(17(19-16)13(3)4)14(5)15-9-7-6-8-10-15/h12-17,19H,6-11H2,1-5H3. The highest BCUT2D eigenvalue weighted by Crippen LogP contribution is 2.33. The van der Waals surface area contributed by atoms with Gasteiger partial charge in [0.05, 0.1) is 12.2 Å². The molecule has 1 aliphatic heterocycles. The smallest absolute Gasteiger partial charge is 0.241 e. The van der Waals surface area contributed by atoms with Crippen molar-refractivity contribution >= 4 is 5.91 Å². The normalized spacial score (nSPS) is 29.7. The van der Waals surface area contributed by atoms with Crippen molar-refractivity contribution in [2.75, 3.05) is 0 Å². The Labute approximate surface area is 130 Å². The van der Waals surface area contributed by atoms with Crippen molar-refractivity contribution in [1.82, 2.24) is 10.2 Å². The first kappa shape index (κ1) is 16.8. The first-order chi connectivity index (χ1) is 9.91. The highest BCUT2D eigenvalue weighted by molar-refractivity contribution is 5.84. The van der Waals surface area contributed by atoms with Crippen molar-refractivity contribution in [2.45, 2.75) is 91.4 Å². The van der Waals surface area contributed by atoms with Crippen LogP contribution in [0, 0.1) is 17.8 Å². The van der Waals surface area contributed by atoms with E-state index in [1.54, 1.807) is 0 Å². The minimum atomic E-state index is 0.0310. The van der Waals surface area contributed by atoms with E-state index in [9.17, 15) is 4.79 Å². The van der Waals surface area contributed by atoms with Gasteiger partial charge in [-0.25, -0.2) is 0 Å². The predicted octanol–water partition coefficient (Wildman–Crippen LogP) is 3.78. The number of nitrogens with zero attached hydrogens (tertiary/aromatic N) is 1. The molecule has 1 aliphatic carbocycles. The number of hydrogen-bond acceptors (Lipinski definition) is 2. The van der Waals surface area contributed by atoms with Crippen LogP contribution in [0.3, 0.4) is 0 Å². The first-order valence-electron chi connectivity index (χ1n) is 9.00. The van der Waals surface area contributed by atoms with Gasteiger partial charge in [0.25, 0.3) is 0 Å². The molecule has 1 saturated carbocycles. The molecule has 1 saturated heterocycles. The van der Waals surface area contributed by atoms with Gasteiger partial charge in [-0.15, -0.1) is 0 Å². The molecule has 1 heterocycles. The minimum absolute atomic E-state index is 0.0310. The summed E-state index contributed by atoms with van der Waals surface area (Å²) in [5.41, 5.74) is 0. The van der Waals surface area contributed by atoms with Crippen LogP contribution in [0.2, 0.25) is 0 Å². The number of nitrogens with one attached hydrogen (secondary N) is 1. The highest BCUT2D eigenvalue weighted by atomic mass is 16.2. The van der Waals surface area contributed by atoms with Crippen molar-refractivity contribution in [1.29, 1.82) is 0 Å². The van der Waals surface area contributed by atoms with Gasteiger partial charge in [-0.3, -0.25) is 10.1 Å². The Balaban J connectivity index is 2.11. The summed E-state index contributed by atoms with van der Waals surface area (Å²) >= 11 is 0. The van der Waals surface area contributed by atoms with E-state index in [0.717, 1.165) is 6.42 Å². The molecule has 0 aromatic carbocycles. The van der Waals surface area contributed by atoms with E-state index in [1.165, 1.54) is 32.1 Å². The quantitative estimate of drug-likeness (QED) is 0.837. The molecule has 3 atom stereocenters. The van der Waals surface area contributed by atoms with Gasteiger partial charge in [0.2, 0.25) is 5.91 Å². The molecule has 1 amide bonds. The molecular formula is C18H34N2O. The Morgan fingerprint density at radius 3 is 2.24 bits per heavy atom. The number of rotatable bonds is 5. The zero-order chi connectivity index (χ0) is 15.6. The van der Waals surface area contributed by atoms with E-state index in [0.29, 0.717) is 29.7 Å². The van der Waals surface area contributed by atoms with Crippen molar-refractivity contribution in [3.63, 3.8) is 0 Å². The molecule has 122 valence electrons. The van der Waals surface area contributed by atoms with Crippen molar-refractivity contribution in [2.24, 2.45) is 17.8 Å². The van der Waals surface area contributed by atoms with Crippen LogP contribution in [0.15, 0.2) is 0 Å². The highest BCUT2D eigenvalue weighted by Gasteiger charge is 2.44. The number of carbonyl (C=O) groups excluding carboxylic acids is 1. The van der Waals surface area contributed by atoms with Crippen LogP contribution in [0.4, 0.5) is 0 Å². The van der Waals surface area contributed by atoms with Crippen LogP contribution in [0.25, 0.3) is 0 Å². The van der Waals surface area contributed by atoms with Crippen LogP contribution in [0.1, 0.15) is 73.1 Å². The fourth-order valence-corrected chi connectivity index (χ4v) is 4.13. The second-order valence-corrected chi connectivity index (χ2v) is 7.92. The van der Waals surface area contributed by atoms with Gasteiger partial charge >= 0.3 is 0 Å². The van der Waals surface area contributed by atoms with Gasteiger partial charge in [0.15, 0.2) is 0 Å². The lowest BCUT2D eigenvalue weighted by atomic mass is 9.83. The van der Waals surface area contributed by atoms with Gasteiger partial charge in [0, 0.05) is 6.04 Å². The maximum absolute atomic E-state index is 12.9. The van der Waals surface area contributed by atoms with Crippen molar-refractivity contribution in [3.8, 4) is 0 Å². The summed E-state index contributed by atoms with van der Waals surface area (Å²) in [5, 5.41) is 3.62. The molecule has 0 radical (unpaired) electrons. The van der Waals surface area contributed by atoms with Crippen LogP contribution in [-0.2, 0) is 4.79 Å². The zero-order valence-corrected chi connectivity index (χ0v) is 14.6. The largest absolute Gasteiger partial charge is 0.323 e. The van der Waals surface area contributed by atoms with Crippen LogP contribution < -0.4 is 5.32 Å². The topological polar surface area (TPSA) is 32.3 Å². The SMILES string of the molecule is CC(C)CC1NC(C(C)C)N(C(C)C2CCCCC2)C1=O. The summed E-state index contributed by atoms with van der Waals surface area (Å²) in [7, 11) is 0. The van der Waals surface area contributed by atoms with E-state index in [4.69, 9.17) is 0 Å². The van der Waals surface area contributed by atoms with Crippen LogP contribution >= 0.6 is 0 Å². The van der Waals surface area contributed by atoms with Crippen molar-refractivity contribution < 1.29 is 4.79 Å². The van der Waals surface area contributed by atoms with E-state index < -0.39 is 0 Å². The lowest BCUT2D eigenvalue weighted by molar-refractivity contribution is -0.134. The Hall–Kier alpha value is -0.570. The second kappa shape index (κ2) is 7.13. The molecule has 0 aromatic heterocycles. The molecule has 3 nitrogen and oxygen atoms in total. The average Bonchev–Trinajstić information content (AvgIpc) is 2.76. The monoisotopic (exact) mass is 294 g/mol. The maximum atomic E-state index is 12.9. The second-order valence-electron chi connectivity index (χ2n) is 7.92. The first-order valence-corrected chi connectivity index (χ1v) is 9.00. The summed E-state index contributed by atoms with van der Waals surface area (Å²) < 4.78 is 0. The molecule has 2 fully saturated rings. The zero-order valence-electron chi connectivity index (χ0n) is 14.6. The van der Waals surface area contributed by atoms with Gasteiger partial charge in [0.1, 0.15) is 0 Å². The van der Waals surface area contributed by atoms with E-state index in [-0.39, 0.29) is 12.2 Å². The lowest BCUT2D eigenvalue weighted by Gasteiger charge is -2.38. The Bertz CT molecular complexity index is 347. The molecule has 2 aliphatic rings. The molecule has 1 N–H and O–H groups in total. The van der Waals surface area contributed by atoms with Crippen molar-refractivity contribution in [3.05, 3.63) is 0 Å². The molecule has 21 heavy (non-hydrogen) atoms. The summed E-state index contributed by atoms with van der Waals surface area (Å²) in [6.07, 6.45) is 7.82. The molecule has 3 heteroatoms. The number of amides is 1. The van der Waals surface area contributed by atoms with Gasteiger partial charge in [-0.1, -0.05) is 47.0 Å². The summed E-state index contributed by atoms with van der Waals surface area (Å²) in [5.74, 6) is 2.07. The molecule has 0 aromatic rings. The van der Waals surface area contributed by atoms with E-state index in [2.05, 4.69) is 44.8 Å². The summed E-state index contributed by atoms with van der Waals surface area (Å²) in [6.45, 7) is 11.1. The molecule has 2 rings (SSSR count). The number of hydrogen-bond donors (Lipinski definition) is 1. The summed E-state index contributed by atoms with van der Waals surface area (Å²) in [6, 6.07) is 0.415. The summed E-state index contributed by atoms with van der Waals surface area (Å²) in [4.78, 5) is 15.1. The van der Waals surface area contributed by atoms with E-state index in [1.807, 2.05) is 0 Å². The molecule has 0 bridgehead atoms. The van der Waals surface area contributed by atoms with Gasteiger partial charge < -0.3 is 4.90 Å². The fourth-order valence-electron chi connectivity index (χ4n) is 4.13. The average molecular weight is 294 g/mol. The number of carbonyl (C=O) groups is 1. The third kappa shape index (κ3) is 3.80. The fraction of sp³-hybridized carbons (Fsp3) is 0.944. The minimum Gasteiger partial charge on any atom is -0.323 e. The van der Waals surface area contributed by atoms with Crippen LogP contribution in [-0.4, -0.2) is 29.1 Å². The molecule has 3 unspecified atom stereocenters. The predicted molar refractivity (Wildman–Crippen MR) is 87.9 cm³/mol. The van der Waals surface area contributed by atoms with Gasteiger partial charge in [-0.05, 0) is 43.9 Å². The third-order valence-electron chi connectivity index (χ3n) is 5.33. The Morgan fingerprint density at radius 1 is 1.10 bits per heavy atom. The Kier molecular flexibility index (Phi) is 5.70. The molecule has 0 spiro atoms. The maximum Gasteiger partial charge on any atom is 0.241 e. The Morgan fingerprint density at radius 2 is 1.71 bits per heavy atom. The van der Waals surface area contributed by atoms with E-state index >= 15 is 0 Å². The lowest BCUT2D eigenvalue weighted by Crippen LogP contribution is -2.49. The van der Waals surface area contributed by atoms with Gasteiger partial charge in [-0.2, -0.15) is 0 Å². The molecular weight excluding hydrogens is 260 g/mol. The third-order valence-corrected chi connectivity index (χ3v) is 5.33.